The molecular formula is C13H13ClN2O6. The fraction of sp³-hybridized carbons (Fsp3) is 0.308. The molecule has 2 amide bonds. The summed E-state index contributed by atoms with van der Waals surface area (Å²) in [4.78, 5) is 34.2. The van der Waals surface area contributed by atoms with Gasteiger partial charge in [0.2, 0.25) is 12.7 Å². The molecule has 0 fully saturated rings. The minimum Gasteiger partial charge on any atom is -0.454 e. The van der Waals surface area contributed by atoms with E-state index < -0.39 is 18.5 Å². The highest BCUT2D eigenvalue weighted by Gasteiger charge is 2.21. The number of likely N-dealkylation sites (N-methyl/N-ethyl adjacent to an activating group) is 1. The summed E-state index contributed by atoms with van der Waals surface area (Å²) in [6.45, 7) is -0.680. The summed E-state index contributed by atoms with van der Waals surface area (Å²) in [5, 5.41) is 4.85. The highest BCUT2D eigenvalue weighted by molar-refractivity contribution is 6.32. The Morgan fingerprint density at radius 3 is 2.77 bits per heavy atom. The molecule has 118 valence electrons. The van der Waals surface area contributed by atoms with Gasteiger partial charge in [-0.25, -0.2) is 4.79 Å². The number of halogens is 1. The minimum absolute atomic E-state index is 0.0233. The van der Waals surface area contributed by atoms with Crippen LogP contribution < -0.4 is 20.1 Å². The molecule has 0 spiro atoms. The molecule has 0 saturated carbocycles. The first-order valence-electron chi connectivity index (χ1n) is 6.25. The molecule has 0 aliphatic carbocycles. The van der Waals surface area contributed by atoms with Crippen LogP contribution in [0.5, 0.6) is 11.5 Å². The van der Waals surface area contributed by atoms with E-state index in [0.717, 1.165) is 0 Å². The third kappa shape index (κ3) is 3.79. The van der Waals surface area contributed by atoms with Gasteiger partial charge in [-0.2, -0.15) is 0 Å². The summed E-state index contributed by atoms with van der Waals surface area (Å²) in [7, 11) is 1.44. The highest BCUT2D eigenvalue weighted by atomic mass is 35.5. The summed E-state index contributed by atoms with van der Waals surface area (Å²) in [5.74, 6) is -0.994. The lowest BCUT2D eigenvalue weighted by atomic mass is 10.2. The minimum atomic E-state index is -0.740. The summed E-state index contributed by atoms with van der Waals surface area (Å²) in [6.07, 6.45) is 0. The smallest absolute Gasteiger partial charge is 0.338 e. The third-order valence-corrected chi connectivity index (χ3v) is 3.00. The van der Waals surface area contributed by atoms with Gasteiger partial charge >= 0.3 is 5.97 Å². The van der Waals surface area contributed by atoms with E-state index in [1.807, 2.05) is 0 Å². The van der Waals surface area contributed by atoms with Gasteiger partial charge in [-0.1, -0.05) is 11.6 Å². The molecule has 0 bridgehead atoms. The summed E-state index contributed by atoms with van der Waals surface area (Å²) in [6, 6.07) is 2.78. The Bertz CT molecular complexity index is 619. The molecule has 1 aromatic carbocycles. The van der Waals surface area contributed by atoms with Crippen molar-refractivity contribution < 1.29 is 28.6 Å². The molecular weight excluding hydrogens is 316 g/mol. The number of rotatable bonds is 5. The van der Waals surface area contributed by atoms with Crippen LogP contribution in [0, 0.1) is 0 Å². The van der Waals surface area contributed by atoms with Crippen molar-refractivity contribution in [2.24, 2.45) is 0 Å². The molecule has 0 radical (unpaired) electrons. The first-order chi connectivity index (χ1) is 10.5. The first-order valence-corrected chi connectivity index (χ1v) is 6.62. The monoisotopic (exact) mass is 328 g/mol. The number of carbonyl (C=O) groups excluding carboxylic acids is 3. The van der Waals surface area contributed by atoms with E-state index >= 15 is 0 Å². The van der Waals surface area contributed by atoms with Gasteiger partial charge in [0.05, 0.1) is 17.1 Å². The van der Waals surface area contributed by atoms with Crippen molar-refractivity contribution >= 4 is 29.4 Å². The van der Waals surface area contributed by atoms with E-state index in [4.69, 9.17) is 25.8 Å². The molecule has 8 nitrogen and oxygen atoms in total. The van der Waals surface area contributed by atoms with Crippen LogP contribution in [-0.4, -0.2) is 44.8 Å². The zero-order chi connectivity index (χ0) is 16.1. The van der Waals surface area contributed by atoms with Crippen LogP contribution in [0.25, 0.3) is 0 Å². The van der Waals surface area contributed by atoms with E-state index in [-0.39, 0.29) is 29.8 Å². The number of carbonyl (C=O) groups is 3. The van der Waals surface area contributed by atoms with E-state index in [9.17, 15) is 14.4 Å². The Morgan fingerprint density at radius 2 is 2.05 bits per heavy atom. The number of benzene rings is 1. The molecule has 0 atom stereocenters. The van der Waals surface area contributed by atoms with Crippen LogP contribution in [0.4, 0.5) is 0 Å². The van der Waals surface area contributed by atoms with E-state index in [2.05, 4.69) is 10.6 Å². The normalized spacial score (nSPS) is 11.7. The van der Waals surface area contributed by atoms with Crippen LogP contribution in [0.3, 0.4) is 0 Å². The van der Waals surface area contributed by atoms with Gasteiger partial charge in [-0.15, -0.1) is 0 Å². The van der Waals surface area contributed by atoms with E-state index in [1.54, 1.807) is 0 Å². The van der Waals surface area contributed by atoms with Crippen molar-refractivity contribution in [2.45, 2.75) is 0 Å². The Labute approximate surface area is 130 Å². The Hall–Kier alpha value is -2.48. The Balaban J connectivity index is 1.89. The average molecular weight is 329 g/mol. The van der Waals surface area contributed by atoms with Crippen molar-refractivity contribution in [1.82, 2.24) is 10.6 Å². The van der Waals surface area contributed by atoms with Crippen LogP contribution in [0.1, 0.15) is 10.4 Å². The largest absolute Gasteiger partial charge is 0.454 e. The second-order valence-electron chi connectivity index (χ2n) is 4.22. The molecule has 1 aromatic rings. The van der Waals surface area contributed by atoms with Crippen molar-refractivity contribution in [1.29, 1.82) is 0 Å². The molecule has 0 aromatic heterocycles. The number of hydrogen-bond donors (Lipinski definition) is 2. The molecule has 9 heteroatoms. The average Bonchev–Trinajstić information content (AvgIpc) is 2.99. The van der Waals surface area contributed by atoms with Gasteiger partial charge in [0.25, 0.3) is 5.91 Å². The van der Waals surface area contributed by atoms with Crippen molar-refractivity contribution in [3.8, 4) is 11.5 Å². The SMILES string of the molecule is CNC(=O)CNC(=O)COC(=O)c1cc(Cl)c2c(c1)OCO2. The number of nitrogens with one attached hydrogen (secondary N) is 2. The fourth-order valence-electron chi connectivity index (χ4n) is 1.62. The van der Waals surface area contributed by atoms with E-state index in [0.29, 0.717) is 11.5 Å². The Kier molecular flexibility index (Phi) is 5.05. The van der Waals surface area contributed by atoms with Crippen molar-refractivity contribution in [3.63, 3.8) is 0 Å². The lowest BCUT2D eigenvalue weighted by Crippen LogP contribution is -2.37. The standard InChI is InChI=1S/C13H13ClN2O6/c1-15-10(17)4-16-11(18)5-20-13(19)7-2-8(14)12-9(3-7)21-6-22-12/h2-3H,4-6H2,1H3,(H,15,17)(H,16,18). The van der Waals surface area contributed by atoms with Crippen LogP contribution in [0.2, 0.25) is 5.02 Å². The number of fused-ring (bicyclic) bond motifs is 1. The van der Waals surface area contributed by atoms with Crippen LogP contribution in [0.15, 0.2) is 12.1 Å². The van der Waals surface area contributed by atoms with Crippen LogP contribution >= 0.6 is 11.6 Å². The second kappa shape index (κ2) is 6.99. The zero-order valence-corrected chi connectivity index (χ0v) is 12.4. The van der Waals surface area contributed by atoms with Crippen molar-refractivity contribution in [3.05, 3.63) is 22.7 Å². The van der Waals surface area contributed by atoms with Crippen molar-refractivity contribution in [2.75, 3.05) is 27.0 Å². The maximum Gasteiger partial charge on any atom is 0.338 e. The molecule has 1 aliphatic rings. The quantitative estimate of drug-likeness (QED) is 0.742. The van der Waals surface area contributed by atoms with E-state index in [1.165, 1.54) is 19.2 Å². The maximum atomic E-state index is 11.9. The first kappa shape index (κ1) is 15.9. The molecule has 0 saturated heterocycles. The van der Waals surface area contributed by atoms with Gasteiger partial charge in [0.1, 0.15) is 0 Å². The lowest BCUT2D eigenvalue weighted by molar-refractivity contribution is -0.127. The topological polar surface area (TPSA) is 103 Å². The third-order valence-electron chi connectivity index (χ3n) is 2.72. The summed E-state index contributed by atoms with van der Waals surface area (Å²) >= 11 is 5.95. The second-order valence-corrected chi connectivity index (χ2v) is 4.63. The molecule has 22 heavy (non-hydrogen) atoms. The fourth-order valence-corrected chi connectivity index (χ4v) is 1.88. The number of hydrogen-bond acceptors (Lipinski definition) is 6. The van der Waals surface area contributed by atoms with Gasteiger partial charge in [-0.05, 0) is 12.1 Å². The van der Waals surface area contributed by atoms with Gasteiger partial charge in [0.15, 0.2) is 18.1 Å². The number of amides is 2. The number of esters is 1. The van der Waals surface area contributed by atoms with Gasteiger partial charge in [0, 0.05) is 7.05 Å². The van der Waals surface area contributed by atoms with Gasteiger partial charge < -0.3 is 24.8 Å². The molecule has 2 rings (SSSR count). The summed E-state index contributed by atoms with van der Waals surface area (Å²) in [5.41, 5.74) is 0.133. The predicted octanol–water partition coefficient (Wildman–Crippen LogP) is 0.0877. The molecule has 2 N–H and O–H groups in total. The molecule has 0 unspecified atom stereocenters. The predicted molar refractivity (Wildman–Crippen MR) is 74.9 cm³/mol. The highest BCUT2D eigenvalue weighted by Crippen LogP contribution is 2.39. The van der Waals surface area contributed by atoms with Crippen LogP contribution in [-0.2, 0) is 14.3 Å². The zero-order valence-electron chi connectivity index (χ0n) is 11.6. The Morgan fingerprint density at radius 1 is 1.27 bits per heavy atom. The molecule has 1 aliphatic heterocycles. The summed E-state index contributed by atoms with van der Waals surface area (Å²) < 4.78 is 15.1. The molecule has 1 heterocycles. The van der Waals surface area contributed by atoms with Gasteiger partial charge in [-0.3, -0.25) is 9.59 Å². The lowest BCUT2D eigenvalue weighted by Gasteiger charge is -2.07. The maximum absolute atomic E-state index is 11.9. The number of ether oxygens (including phenoxy) is 3.